The molecule has 1 N–H and O–H groups in total. The van der Waals surface area contributed by atoms with Gasteiger partial charge < -0.3 is 5.11 Å². The van der Waals surface area contributed by atoms with Crippen molar-refractivity contribution in [1.82, 2.24) is 0 Å². The van der Waals surface area contributed by atoms with Crippen LogP contribution >= 0.6 is 34.8 Å². The van der Waals surface area contributed by atoms with Gasteiger partial charge in [0.05, 0.1) is 15.1 Å². The molecular weight excluding hydrogens is 250 g/mol. The Bertz CT molecular complexity index is 415. The Morgan fingerprint density at radius 1 is 1.00 bits per heavy atom. The lowest BCUT2D eigenvalue weighted by Crippen LogP contribution is -2.13. The zero-order valence-electron chi connectivity index (χ0n) is 6.55. The number of hydrogen-bond donors (Lipinski definition) is 1. The van der Waals surface area contributed by atoms with Gasteiger partial charge in [-0.2, -0.15) is 0 Å². The van der Waals surface area contributed by atoms with Crippen LogP contribution in [0, 0.1) is 0 Å². The summed E-state index contributed by atoms with van der Waals surface area (Å²) in [6.45, 7) is 0. The molecule has 0 fully saturated rings. The largest absolute Gasteiger partial charge is 0.475 e. The van der Waals surface area contributed by atoms with Crippen molar-refractivity contribution in [2.75, 3.05) is 0 Å². The van der Waals surface area contributed by atoms with Gasteiger partial charge in [-0.1, -0.05) is 34.8 Å². The third kappa shape index (κ3) is 2.18. The number of carboxylic acids is 1. The summed E-state index contributed by atoms with van der Waals surface area (Å²) in [5.41, 5.74) is -0.173. The average Bonchev–Trinajstić information content (AvgIpc) is 2.10. The number of Topliss-reactive ketones (excluding diaryl/α,β-unsaturated/α-hetero) is 1. The van der Waals surface area contributed by atoms with E-state index in [-0.39, 0.29) is 20.6 Å². The Morgan fingerprint density at radius 2 is 1.50 bits per heavy atom. The first-order valence-electron chi connectivity index (χ1n) is 3.35. The molecule has 0 radical (unpaired) electrons. The van der Waals surface area contributed by atoms with Crippen LogP contribution in [0.2, 0.25) is 15.1 Å². The molecule has 3 nitrogen and oxygen atoms in total. The molecule has 74 valence electrons. The second-order valence-corrected chi connectivity index (χ2v) is 3.60. The number of carbonyl (C=O) groups excluding carboxylic acids is 1. The first-order valence-corrected chi connectivity index (χ1v) is 4.49. The summed E-state index contributed by atoms with van der Waals surface area (Å²) in [7, 11) is 0. The maximum Gasteiger partial charge on any atom is 0.377 e. The van der Waals surface area contributed by atoms with Crippen molar-refractivity contribution in [1.29, 1.82) is 0 Å². The van der Waals surface area contributed by atoms with Gasteiger partial charge in [-0.3, -0.25) is 4.79 Å². The molecule has 1 aromatic carbocycles. The Kier molecular flexibility index (Phi) is 3.37. The van der Waals surface area contributed by atoms with Crippen LogP contribution in [0.5, 0.6) is 0 Å². The third-order valence-electron chi connectivity index (χ3n) is 1.45. The zero-order valence-corrected chi connectivity index (χ0v) is 8.82. The molecular formula is C8H3Cl3O3. The van der Waals surface area contributed by atoms with Crippen molar-refractivity contribution < 1.29 is 14.7 Å². The molecule has 1 aromatic rings. The van der Waals surface area contributed by atoms with Crippen LogP contribution in [-0.4, -0.2) is 16.9 Å². The minimum Gasteiger partial charge on any atom is -0.475 e. The van der Waals surface area contributed by atoms with Gasteiger partial charge in [0, 0.05) is 5.56 Å². The van der Waals surface area contributed by atoms with E-state index in [1.165, 1.54) is 6.07 Å². The minimum absolute atomic E-state index is 0.0354. The topological polar surface area (TPSA) is 54.4 Å². The average molecular weight is 253 g/mol. The number of aliphatic carboxylic acids is 1. The van der Waals surface area contributed by atoms with Crippen LogP contribution in [-0.2, 0) is 4.79 Å². The lowest BCUT2D eigenvalue weighted by Gasteiger charge is -2.02. The molecule has 0 amide bonds. The van der Waals surface area contributed by atoms with Crippen LogP contribution in [0.1, 0.15) is 10.4 Å². The van der Waals surface area contributed by atoms with Crippen molar-refractivity contribution in [3.05, 3.63) is 32.8 Å². The van der Waals surface area contributed by atoms with Gasteiger partial charge in [0.15, 0.2) is 0 Å². The fraction of sp³-hybridized carbons (Fsp3) is 0. The van der Waals surface area contributed by atoms with Gasteiger partial charge in [-0.05, 0) is 12.1 Å². The highest BCUT2D eigenvalue weighted by Crippen LogP contribution is 2.29. The molecule has 0 unspecified atom stereocenters. The number of hydrogen-bond acceptors (Lipinski definition) is 2. The van der Waals surface area contributed by atoms with Crippen LogP contribution in [0.25, 0.3) is 0 Å². The van der Waals surface area contributed by atoms with Crippen LogP contribution < -0.4 is 0 Å². The molecule has 0 saturated heterocycles. The van der Waals surface area contributed by atoms with Crippen LogP contribution in [0.15, 0.2) is 12.1 Å². The maximum absolute atomic E-state index is 11.0. The van der Waals surface area contributed by atoms with E-state index in [2.05, 4.69) is 0 Å². The van der Waals surface area contributed by atoms with Gasteiger partial charge in [-0.15, -0.1) is 0 Å². The highest BCUT2D eigenvalue weighted by molar-refractivity contribution is 6.48. The van der Waals surface area contributed by atoms with E-state index in [1.54, 1.807) is 0 Å². The number of carbonyl (C=O) groups is 2. The molecule has 0 aliphatic carbocycles. The van der Waals surface area contributed by atoms with E-state index < -0.39 is 11.8 Å². The highest BCUT2D eigenvalue weighted by Gasteiger charge is 2.19. The van der Waals surface area contributed by atoms with E-state index >= 15 is 0 Å². The number of rotatable bonds is 2. The van der Waals surface area contributed by atoms with Gasteiger partial charge in [-0.25, -0.2) is 4.79 Å². The van der Waals surface area contributed by atoms with Crippen molar-refractivity contribution in [3.63, 3.8) is 0 Å². The normalized spacial score (nSPS) is 9.93. The minimum atomic E-state index is -1.59. The Morgan fingerprint density at radius 3 is 2.00 bits per heavy atom. The predicted octanol–water partition coefficient (Wildman–Crippen LogP) is 2.91. The summed E-state index contributed by atoms with van der Waals surface area (Å²) in [5, 5.41) is 8.65. The van der Waals surface area contributed by atoms with E-state index in [4.69, 9.17) is 39.9 Å². The predicted molar refractivity (Wildman–Crippen MR) is 53.4 cm³/mol. The first-order chi connectivity index (χ1) is 6.43. The lowest BCUT2D eigenvalue weighted by molar-refractivity contribution is -0.131. The van der Waals surface area contributed by atoms with E-state index in [9.17, 15) is 9.59 Å². The number of ketones is 1. The first kappa shape index (κ1) is 11.3. The smallest absolute Gasteiger partial charge is 0.377 e. The van der Waals surface area contributed by atoms with Crippen molar-refractivity contribution >= 4 is 46.6 Å². The Labute approximate surface area is 94.2 Å². The molecule has 0 bridgehead atoms. The molecule has 0 atom stereocenters. The van der Waals surface area contributed by atoms with Crippen molar-refractivity contribution in [3.8, 4) is 0 Å². The maximum atomic E-state index is 11.0. The molecule has 6 heteroatoms. The quantitative estimate of drug-likeness (QED) is 0.501. The SMILES string of the molecule is O=C(O)C(=O)c1cc(Cl)c(Cl)cc1Cl. The van der Waals surface area contributed by atoms with E-state index in [0.29, 0.717) is 0 Å². The molecule has 0 aliphatic heterocycles. The molecule has 0 saturated carbocycles. The second-order valence-electron chi connectivity index (χ2n) is 2.38. The summed E-state index contributed by atoms with van der Waals surface area (Å²) >= 11 is 16.8. The second kappa shape index (κ2) is 4.17. The third-order valence-corrected chi connectivity index (χ3v) is 2.48. The number of benzene rings is 1. The number of carboxylic acid groups (broad SMARTS) is 1. The Hall–Kier alpha value is -0.770. The summed E-state index contributed by atoms with van der Waals surface area (Å²) in [5.74, 6) is -2.71. The molecule has 0 aromatic heterocycles. The van der Waals surface area contributed by atoms with Gasteiger partial charge in [0.1, 0.15) is 0 Å². The van der Waals surface area contributed by atoms with Gasteiger partial charge >= 0.3 is 5.97 Å². The van der Waals surface area contributed by atoms with Crippen molar-refractivity contribution in [2.45, 2.75) is 0 Å². The highest BCUT2D eigenvalue weighted by atomic mass is 35.5. The lowest BCUT2D eigenvalue weighted by atomic mass is 10.1. The molecule has 0 heterocycles. The van der Waals surface area contributed by atoms with Gasteiger partial charge in [0.2, 0.25) is 0 Å². The molecule has 0 spiro atoms. The van der Waals surface area contributed by atoms with Crippen LogP contribution in [0.3, 0.4) is 0 Å². The summed E-state index contributed by atoms with van der Waals surface area (Å²) in [6.07, 6.45) is 0. The van der Waals surface area contributed by atoms with E-state index in [1.807, 2.05) is 0 Å². The Balaban J connectivity index is 3.29. The summed E-state index contributed by atoms with van der Waals surface area (Å²) in [4.78, 5) is 21.4. The molecule has 1 rings (SSSR count). The molecule has 0 aliphatic rings. The number of halogens is 3. The van der Waals surface area contributed by atoms with Gasteiger partial charge in [0.25, 0.3) is 5.78 Å². The summed E-state index contributed by atoms with van der Waals surface area (Å²) in [6, 6.07) is 2.35. The molecule has 14 heavy (non-hydrogen) atoms. The fourth-order valence-electron chi connectivity index (χ4n) is 0.812. The zero-order chi connectivity index (χ0) is 10.9. The summed E-state index contributed by atoms with van der Waals surface area (Å²) < 4.78 is 0. The standard InChI is InChI=1S/C8H3Cl3O3/c9-4-2-6(11)5(10)1-3(4)7(12)8(13)14/h1-2H,(H,13,14). The monoisotopic (exact) mass is 252 g/mol. The fourth-order valence-corrected chi connectivity index (χ4v) is 1.44. The van der Waals surface area contributed by atoms with Crippen LogP contribution in [0.4, 0.5) is 0 Å². The van der Waals surface area contributed by atoms with Crippen molar-refractivity contribution in [2.24, 2.45) is 0 Å². The van der Waals surface area contributed by atoms with E-state index in [0.717, 1.165) is 6.07 Å².